The first-order valence-corrected chi connectivity index (χ1v) is 10.7. The van der Waals surface area contributed by atoms with E-state index in [1.165, 1.54) is 31.3 Å². The normalized spacial score (nSPS) is 11.6. The summed E-state index contributed by atoms with van der Waals surface area (Å²) in [5, 5.41) is 0. The molecule has 0 saturated carbocycles. The number of nitrogens with one attached hydrogen (secondary N) is 1. The Morgan fingerprint density at radius 1 is 1.13 bits per heavy atom. The maximum absolute atomic E-state index is 12.6. The number of amides is 1. The molecule has 8 nitrogen and oxygen atoms in total. The van der Waals surface area contributed by atoms with Crippen molar-refractivity contribution < 1.29 is 35.9 Å². The second-order valence-electron chi connectivity index (χ2n) is 6.32. The average Bonchev–Trinajstić information content (AvgIpc) is 2.71. The molecular formula is C19H20F3N3O5S. The predicted octanol–water partition coefficient (Wildman–Crippen LogP) is 3.07. The number of anilines is 2. The van der Waals surface area contributed by atoms with Gasteiger partial charge in [0.2, 0.25) is 10.0 Å². The molecule has 0 spiro atoms. The average molecular weight is 459 g/mol. The Labute approximate surface area is 177 Å². The molecule has 0 aliphatic heterocycles. The number of alkyl halides is 3. The summed E-state index contributed by atoms with van der Waals surface area (Å²) in [6.07, 6.45) is -3.95. The van der Waals surface area contributed by atoms with E-state index in [0.717, 1.165) is 23.2 Å². The summed E-state index contributed by atoms with van der Waals surface area (Å²) < 4.78 is 68.9. The maximum atomic E-state index is 12.6. The van der Waals surface area contributed by atoms with Crippen LogP contribution in [-0.4, -0.2) is 44.7 Å². The Morgan fingerprint density at radius 3 is 2.29 bits per heavy atom. The van der Waals surface area contributed by atoms with Crippen LogP contribution in [0, 0.1) is 0 Å². The van der Waals surface area contributed by atoms with Crippen LogP contribution in [0.2, 0.25) is 0 Å². The lowest BCUT2D eigenvalue weighted by atomic mass is 10.2. The Balaban J connectivity index is 2.03. The zero-order valence-electron chi connectivity index (χ0n) is 16.6. The number of benzene rings is 1. The highest BCUT2D eigenvalue weighted by Crippen LogP contribution is 2.28. The van der Waals surface area contributed by atoms with Crippen LogP contribution in [0.15, 0.2) is 42.6 Å². The quantitative estimate of drug-likeness (QED) is 0.609. The van der Waals surface area contributed by atoms with Gasteiger partial charge in [0.05, 0.1) is 30.7 Å². The van der Waals surface area contributed by atoms with Gasteiger partial charge in [-0.2, -0.15) is 13.2 Å². The van der Waals surface area contributed by atoms with Crippen LogP contribution in [0.1, 0.15) is 29.4 Å². The Hall–Kier alpha value is -3.15. The number of hydrogen-bond donors (Lipinski definition) is 1. The first-order valence-electron chi connectivity index (χ1n) is 9.00. The van der Waals surface area contributed by atoms with E-state index < -0.39 is 39.5 Å². The van der Waals surface area contributed by atoms with Crippen molar-refractivity contribution in [2.24, 2.45) is 0 Å². The van der Waals surface area contributed by atoms with Gasteiger partial charge in [0.25, 0.3) is 5.91 Å². The minimum absolute atomic E-state index is 0.152. The molecule has 0 atom stereocenters. The van der Waals surface area contributed by atoms with E-state index in [9.17, 15) is 31.2 Å². The first kappa shape index (κ1) is 24.1. The van der Waals surface area contributed by atoms with Gasteiger partial charge in [-0.05, 0) is 43.3 Å². The second-order valence-corrected chi connectivity index (χ2v) is 8.16. The molecule has 1 aromatic heterocycles. The fourth-order valence-corrected chi connectivity index (χ4v) is 3.46. The largest absolute Gasteiger partial charge is 0.466 e. The number of carbonyl (C=O) groups is 2. The Morgan fingerprint density at radius 2 is 1.77 bits per heavy atom. The zero-order valence-corrected chi connectivity index (χ0v) is 17.5. The fraction of sp³-hybridized carbons (Fsp3) is 0.316. The summed E-state index contributed by atoms with van der Waals surface area (Å²) in [5.74, 6) is -1.62. The second kappa shape index (κ2) is 9.77. The van der Waals surface area contributed by atoms with Gasteiger partial charge in [-0.3, -0.25) is 14.3 Å². The van der Waals surface area contributed by atoms with Gasteiger partial charge in [-0.1, -0.05) is 0 Å². The molecule has 0 unspecified atom stereocenters. The Kier molecular flexibility index (Phi) is 7.60. The van der Waals surface area contributed by atoms with Gasteiger partial charge >= 0.3 is 12.1 Å². The number of esters is 1. The third kappa shape index (κ3) is 6.95. The molecule has 1 heterocycles. The van der Waals surface area contributed by atoms with Gasteiger partial charge in [0, 0.05) is 18.3 Å². The molecule has 2 rings (SSSR count). The zero-order chi connectivity index (χ0) is 23.2. The van der Waals surface area contributed by atoms with Crippen molar-refractivity contribution in [1.82, 2.24) is 4.98 Å². The topological polar surface area (TPSA) is 106 Å². The smallest absolute Gasteiger partial charge is 0.433 e. The summed E-state index contributed by atoms with van der Waals surface area (Å²) in [6.45, 7) is 1.76. The molecule has 1 aromatic carbocycles. The number of pyridine rings is 1. The van der Waals surface area contributed by atoms with Crippen LogP contribution in [0.4, 0.5) is 24.5 Å². The lowest BCUT2D eigenvalue weighted by Crippen LogP contribution is -2.26. The molecule has 168 valence electrons. The van der Waals surface area contributed by atoms with Crippen molar-refractivity contribution in [3.8, 4) is 0 Å². The number of carbonyl (C=O) groups excluding carboxylic acids is 2. The third-order valence-electron chi connectivity index (χ3n) is 4.02. The molecule has 0 fully saturated rings. The van der Waals surface area contributed by atoms with E-state index in [2.05, 4.69) is 14.4 Å². The van der Waals surface area contributed by atoms with Gasteiger partial charge in [0.1, 0.15) is 5.69 Å². The highest BCUT2D eigenvalue weighted by atomic mass is 32.2. The number of sulfonamides is 1. The van der Waals surface area contributed by atoms with Crippen molar-refractivity contribution in [3.05, 3.63) is 53.9 Å². The van der Waals surface area contributed by atoms with Gasteiger partial charge in [0.15, 0.2) is 0 Å². The summed E-state index contributed by atoms with van der Waals surface area (Å²) in [5.41, 5.74) is -0.561. The van der Waals surface area contributed by atoms with Crippen molar-refractivity contribution in [3.63, 3.8) is 0 Å². The van der Waals surface area contributed by atoms with Crippen molar-refractivity contribution in [2.75, 3.05) is 29.0 Å². The van der Waals surface area contributed by atoms with Crippen molar-refractivity contribution >= 4 is 33.3 Å². The van der Waals surface area contributed by atoms with Crippen LogP contribution in [0.5, 0.6) is 0 Å². The predicted molar refractivity (Wildman–Crippen MR) is 107 cm³/mol. The van der Waals surface area contributed by atoms with Crippen LogP contribution >= 0.6 is 0 Å². The number of nitrogens with zero attached hydrogens (tertiary/aromatic N) is 2. The lowest BCUT2D eigenvalue weighted by Gasteiger charge is -2.18. The molecule has 31 heavy (non-hydrogen) atoms. The van der Waals surface area contributed by atoms with Crippen molar-refractivity contribution in [1.29, 1.82) is 0 Å². The van der Waals surface area contributed by atoms with Gasteiger partial charge < -0.3 is 9.64 Å². The SMILES string of the molecule is CCOC(=O)CCS(=O)(=O)Nc1ccc(C(=O)N(C)c2ccc(C(F)(F)F)nc2)cc1. The number of hydrogen-bond acceptors (Lipinski definition) is 6. The van der Waals surface area contributed by atoms with E-state index in [1.807, 2.05) is 0 Å². The lowest BCUT2D eigenvalue weighted by molar-refractivity contribution is -0.143. The number of aromatic nitrogens is 1. The van der Waals surface area contributed by atoms with Crippen LogP contribution < -0.4 is 9.62 Å². The first-order chi connectivity index (χ1) is 14.4. The highest BCUT2D eigenvalue weighted by Gasteiger charge is 2.32. The van der Waals surface area contributed by atoms with Gasteiger partial charge in [-0.25, -0.2) is 13.4 Å². The van der Waals surface area contributed by atoms with E-state index >= 15 is 0 Å². The van der Waals surface area contributed by atoms with E-state index in [0.29, 0.717) is 0 Å². The highest BCUT2D eigenvalue weighted by molar-refractivity contribution is 7.92. The molecule has 12 heteroatoms. The maximum Gasteiger partial charge on any atom is 0.433 e. The molecule has 1 N–H and O–H groups in total. The molecule has 1 amide bonds. The van der Waals surface area contributed by atoms with E-state index in [-0.39, 0.29) is 30.0 Å². The molecule has 0 aliphatic carbocycles. The molecule has 2 aromatic rings. The standard InChI is InChI=1S/C19H20F3N3O5S/c1-3-30-17(26)10-11-31(28,29)24-14-6-4-13(5-7-14)18(27)25(2)15-8-9-16(23-12-15)19(20,21)22/h4-9,12,24H,3,10-11H2,1-2H3. The minimum atomic E-state index is -4.58. The fourth-order valence-electron chi connectivity index (χ4n) is 2.43. The summed E-state index contributed by atoms with van der Waals surface area (Å²) in [6, 6.07) is 7.33. The van der Waals surface area contributed by atoms with Crippen LogP contribution in [-0.2, 0) is 25.7 Å². The van der Waals surface area contributed by atoms with Crippen molar-refractivity contribution in [2.45, 2.75) is 19.5 Å². The molecule has 0 bridgehead atoms. The Bertz CT molecular complexity index is 1020. The summed E-state index contributed by atoms with van der Waals surface area (Å²) in [4.78, 5) is 28.3. The van der Waals surface area contributed by atoms with Crippen LogP contribution in [0.25, 0.3) is 0 Å². The minimum Gasteiger partial charge on any atom is -0.466 e. The number of rotatable bonds is 8. The summed E-state index contributed by atoms with van der Waals surface area (Å²) in [7, 11) is -2.43. The van der Waals surface area contributed by atoms with Crippen LogP contribution in [0.3, 0.4) is 0 Å². The third-order valence-corrected chi connectivity index (χ3v) is 5.30. The summed E-state index contributed by atoms with van der Waals surface area (Å²) >= 11 is 0. The van der Waals surface area contributed by atoms with Gasteiger partial charge in [-0.15, -0.1) is 0 Å². The molecule has 0 radical (unpaired) electrons. The number of ether oxygens (including phenoxy) is 1. The number of halogens is 3. The van der Waals surface area contributed by atoms with E-state index in [1.54, 1.807) is 6.92 Å². The molecular weight excluding hydrogens is 439 g/mol. The monoisotopic (exact) mass is 459 g/mol. The molecule has 0 aliphatic rings. The molecule has 0 saturated heterocycles. The van der Waals surface area contributed by atoms with E-state index in [4.69, 9.17) is 0 Å².